The fourth-order valence-electron chi connectivity index (χ4n) is 1.81. The molecule has 0 saturated heterocycles. The molecule has 0 aliphatic rings. The van der Waals surface area contributed by atoms with Crippen LogP contribution in [-0.4, -0.2) is 16.1 Å². The number of aromatic nitrogens is 1. The number of aryl methyl sites for hydroxylation is 1. The summed E-state index contributed by atoms with van der Waals surface area (Å²) in [5, 5.41) is 11.8. The molecule has 0 unspecified atom stereocenters. The van der Waals surface area contributed by atoms with Gasteiger partial charge in [0, 0.05) is 15.1 Å². The van der Waals surface area contributed by atoms with Gasteiger partial charge in [-0.05, 0) is 31.2 Å². The molecule has 3 aromatic heterocycles. The van der Waals surface area contributed by atoms with Crippen LogP contribution in [0.25, 0.3) is 20.5 Å². The Morgan fingerprint density at radius 2 is 2.00 bits per heavy atom. The minimum absolute atomic E-state index is 0.0752. The largest absolute Gasteiger partial charge is 0.481 e. The topological polar surface area (TPSA) is 50.2 Å². The number of thiazole rings is 1. The standard InChI is InChI=1S/C14H11NO2S3/c1-8-2-4-12(19-8)14-15-10(7-18-14)11-5-3-9(20-11)6-13(16)17/h2-5,7H,6H2,1H3,(H,16,17). The van der Waals surface area contributed by atoms with Crippen LogP contribution in [0.2, 0.25) is 0 Å². The molecule has 0 aliphatic carbocycles. The molecule has 0 spiro atoms. The summed E-state index contributed by atoms with van der Waals surface area (Å²) >= 11 is 4.85. The molecule has 0 aromatic carbocycles. The number of carboxylic acid groups (broad SMARTS) is 1. The number of hydrogen-bond donors (Lipinski definition) is 1. The van der Waals surface area contributed by atoms with Crippen LogP contribution < -0.4 is 0 Å². The molecule has 1 N–H and O–H groups in total. The van der Waals surface area contributed by atoms with Crippen molar-refractivity contribution in [2.45, 2.75) is 13.3 Å². The van der Waals surface area contributed by atoms with Crippen molar-refractivity contribution in [2.24, 2.45) is 0 Å². The van der Waals surface area contributed by atoms with Crippen molar-refractivity contribution in [3.63, 3.8) is 0 Å². The molecule has 3 rings (SSSR count). The molecule has 20 heavy (non-hydrogen) atoms. The number of carboxylic acids is 1. The molecular weight excluding hydrogens is 310 g/mol. The molecule has 0 aliphatic heterocycles. The van der Waals surface area contributed by atoms with Gasteiger partial charge in [0.2, 0.25) is 0 Å². The molecule has 0 amide bonds. The van der Waals surface area contributed by atoms with Crippen molar-refractivity contribution in [1.82, 2.24) is 4.98 Å². The Morgan fingerprint density at radius 3 is 2.70 bits per heavy atom. The number of rotatable bonds is 4. The Kier molecular flexibility index (Phi) is 3.69. The quantitative estimate of drug-likeness (QED) is 0.767. The van der Waals surface area contributed by atoms with Gasteiger partial charge in [0.05, 0.1) is 21.9 Å². The molecule has 0 fully saturated rings. The summed E-state index contributed by atoms with van der Waals surface area (Å²) in [6, 6.07) is 7.99. The molecule has 0 atom stereocenters. The van der Waals surface area contributed by atoms with E-state index in [1.165, 1.54) is 21.1 Å². The van der Waals surface area contributed by atoms with Crippen molar-refractivity contribution in [3.8, 4) is 20.5 Å². The third-order valence-corrected chi connectivity index (χ3v) is 5.81. The van der Waals surface area contributed by atoms with E-state index in [1.807, 2.05) is 17.5 Å². The molecule has 0 radical (unpaired) electrons. The van der Waals surface area contributed by atoms with E-state index in [4.69, 9.17) is 5.11 Å². The van der Waals surface area contributed by atoms with Gasteiger partial charge in [0.25, 0.3) is 0 Å². The van der Waals surface area contributed by atoms with Crippen LogP contribution in [0.5, 0.6) is 0 Å². The highest BCUT2D eigenvalue weighted by Crippen LogP contribution is 2.35. The number of nitrogens with zero attached hydrogens (tertiary/aromatic N) is 1. The molecule has 3 nitrogen and oxygen atoms in total. The predicted molar refractivity (Wildman–Crippen MR) is 84.8 cm³/mol. The van der Waals surface area contributed by atoms with E-state index in [1.54, 1.807) is 22.7 Å². The molecular formula is C14H11NO2S3. The minimum atomic E-state index is -0.800. The van der Waals surface area contributed by atoms with Crippen LogP contribution in [0, 0.1) is 6.92 Å². The van der Waals surface area contributed by atoms with E-state index >= 15 is 0 Å². The average Bonchev–Trinajstić information content (AvgIpc) is 3.06. The summed E-state index contributed by atoms with van der Waals surface area (Å²) in [6.45, 7) is 2.08. The van der Waals surface area contributed by atoms with Gasteiger partial charge in [0.15, 0.2) is 0 Å². The first-order chi connectivity index (χ1) is 9.61. The average molecular weight is 321 g/mol. The zero-order valence-electron chi connectivity index (χ0n) is 10.6. The van der Waals surface area contributed by atoms with Crippen LogP contribution in [0.1, 0.15) is 9.75 Å². The van der Waals surface area contributed by atoms with Gasteiger partial charge in [-0.15, -0.1) is 34.0 Å². The van der Waals surface area contributed by atoms with Crippen LogP contribution >= 0.6 is 34.0 Å². The summed E-state index contributed by atoms with van der Waals surface area (Å²) in [7, 11) is 0. The lowest BCUT2D eigenvalue weighted by Gasteiger charge is -1.90. The van der Waals surface area contributed by atoms with Gasteiger partial charge in [-0.25, -0.2) is 4.98 Å². The summed E-state index contributed by atoms with van der Waals surface area (Å²) in [5.74, 6) is -0.800. The lowest BCUT2D eigenvalue weighted by molar-refractivity contribution is -0.136. The SMILES string of the molecule is Cc1ccc(-c2nc(-c3ccc(CC(=O)O)s3)cs2)s1. The Hall–Kier alpha value is -1.50. The van der Waals surface area contributed by atoms with Gasteiger partial charge in [-0.2, -0.15) is 0 Å². The van der Waals surface area contributed by atoms with Gasteiger partial charge >= 0.3 is 5.97 Å². The van der Waals surface area contributed by atoms with E-state index in [9.17, 15) is 4.79 Å². The second-order valence-corrected chi connectivity index (χ2v) is 7.60. The van der Waals surface area contributed by atoms with Gasteiger partial charge in [-0.3, -0.25) is 4.79 Å². The maximum absolute atomic E-state index is 10.7. The number of aliphatic carboxylic acids is 1. The normalized spacial score (nSPS) is 10.8. The maximum Gasteiger partial charge on any atom is 0.308 e. The first-order valence-electron chi connectivity index (χ1n) is 5.95. The molecule has 3 heterocycles. The summed E-state index contributed by atoms with van der Waals surface area (Å²) in [6.07, 6.45) is 0.0752. The first kappa shape index (κ1) is 13.5. The van der Waals surface area contributed by atoms with Crippen molar-refractivity contribution in [1.29, 1.82) is 0 Å². The fraction of sp³-hybridized carbons (Fsp3) is 0.143. The van der Waals surface area contributed by atoms with E-state index in [0.29, 0.717) is 0 Å². The second-order valence-electron chi connectivity index (χ2n) is 4.28. The lowest BCUT2D eigenvalue weighted by atomic mass is 10.3. The molecule has 6 heteroatoms. The molecule has 0 saturated carbocycles. The molecule has 102 valence electrons. The minimum Gasteiger partial charge on any atom is -0.481 e. The Balaban J connectivity index is 1.86. The van der Waals surface area contributed by atoms with Gasteiger partial charge in [0.1, 0.15) is 5.01 Å². The number of thiophene rings is 2. The molecule has 0 bridgehead atoms. The summed E-state index contributed by atoms with van der Waals surface area (Å²) in [4.78, 5) is 19.7. The highest BCUT2D eigenvalue weighted by Gasteiger charge is 2.11. The fourth-order valence-corrected chi connectivity index (χ4v) is 4.60. The highest BCUT2D eigenvalue weighted by molar-refractivity contribution is 7.21. The molecule has 3 aromatic rings. The first-order valence-corrected chi connectivity index (χ1v) is 8.46. The van der Waals surface area contributed by atoms with Crippen LogP contribution in [0.3, 0.4) is 0 Å². The summed E-state index contributed by atoms with van der Waals surface area (Å²) < 4.78 is 0. The zero-order valence-corrected chi connectivity index (χ0v) is 13.1. The van der Waals surface area contributed by atoms with Crippen molar-refractivity contribution in [3.05, 3.63) is 39.4 Å². The van der Waals surface area contributed by atoms with E-state index in [0.717, 1.165) is 20.5 Å². The zero-order chi connectivity index (χ0) is 14.1. The number of hydrogen-bond acceptors (Lipinski definition) is 5. The Morgan fingerprint density at radius 1 is 1.20 bits per heavy atom. The Labute approximate surface area is 128 Å². The highest BCUT2D eigenvalue weighted by atomic mass is 32.1. The smallest absolute Gasteiger partial charge is 0.308 e. The van der Waals surface area contributed by atoms with E-state index < -0.39 is 5.97 Å². The lowest BCUT2D eigenvalue weighted by Crippen LogP contribution is -1.96. The van der Waals surface area contributed by atoms with E-state index in [2.05, 4.69) is 24.0 Å². The second kappa shape index (κ2) is 5.47. The number of carbonyl (C=O) groups is 1. The monoisotopic (exact) mass is 321 g/mol. The third kappa shape index (κ3) is 2.82. The van der Waals surface area contributed by atoms with E-state index in [-0.39, 0.29) is 6.42 Å². The van der Waals surface area contributed by atoms with Crippen LogP contribution in [0.15, 0.2) is 29.6 Å². The maximum atomic E-state index is 10.7. The summed E-state index contributed by atoms with van der Waals surface area (Å²) in [5.41, 5.74) is 0.928. The predicted octanol–water partition coefficient (Wildman–Crippen LogP) is 4.54. The van der Waals surface area contributed by atoms with Crippen molar-refractivity contribution in [2.75, 3.05) is 0 Å². The van der Waals surface area contributed by atoms with Gasteiger partial charge < -0.3 is 5.11 Å². The van der Waals surface area contributed by atoms with Crippen LogP contribution in [0.4, 0.5) is 0 Å². The van der Waals surface area contributed by atoms with Gasteiger partial charge in [-0.1, -0.05) is 0 Å². The van der Waals surface area contributed by atoms with Crippen LogP contribution in [-0.2, 0) is 11.2 Å². The van der Waals surface area contributed by atoms with Crippen molar-refractivity contribution < 1.29 is 9.90 Å². The van der Waals surface area contributed by atoms with Crippen molar-refractivity contribution >= 4 is 40.0 Å². The third-order valence-electron chi connectivity index (χ3n) is 2.69. The Bertz CT molecular complexity index is 754.